The Kier molecular flexibility index (Phi) is 3.82. The number of aromatic nitrogens is 1. The van der Waals surface area contributed by atoms with Crippen LogP contribution < -0.4 is 4.90 Å². The molecule has 1 aliphatic heterocycles. The first-order chi connectivity index (χ1) is 11.7. The van der Waals surface area contributed by atoms with Gasteiger partial charge in [0.1, 0.15) is 10.4 Å². The minimum atomic E-state index is -0.122. The number of anilines is 1. The van der Waals surface area contributed by atoms with Gasteiger partial charge < -0.3 is 0 Å². The molecule has 0 saturated carbocycles. The second-order valence-electron chi connectivity index (χ2n) is 5.75. The van der Waals surface area contributed by atoms with E-state index in [0.29, 0.717) is 5.56 Å². The number of carbonyl (C=O) groups is 1. The lowest BCUT2D eigenvalue weighted by Crippen LogP contribution is -2.37. The van der Waals surface area contributed by atoms with Crippen molar-refractivity contribution in [3.05, 3.63) is 89.6 Å². The van der Waals surface area contributed by atoms with Crippen molar-refractivity contribution in [2.45, 2.75) is 17.3 Å². The van der Waals surface area contributed by atoms with Crippen LogP contribution in [0.25, 0.3) is 0 Å². The number of nitrogens with zero attached hydrogens (tertiary/aromatic N) is 2. The second-order valence-corrected chi connectivity index (χ2v) is 6.82. The van der Waals surface area contributed by atoms with E-state index in [1.54, 1.807) is 18.0 Å². The summed E-state index contributed by atoms with van der Waals surface area (Å²) in [5.41, 5.74) is 3.86. The third kappa shape index (κ3) is 2.59. The van der Waals surface area contributed by atoms with E-state index in [1.807, 2.05) is 47.4 Å². The van der Waals surface area contributed by atoms with Gasteiger partial charge in [-0.25, -0.2) is 4.98 Å². The Morgan fingerprint density at radius 2 is 1.71 bits per heavy atom. The molecule has 1 aliphatic rings. The number of amides is 1. The predicted octanol–water partition coefficient (Wildman–Crippen LogP) is 4.84. The molecule has 4 rings (SSSR count). The normalized spacial score (nSPS) is 16.8. The van der Waals surface area contributed by atoms with Crippen molar-refractivity contribution in [3.63, 3.8) is 0 Å². The zero-order valence-electron chi connectivity index (χ0n) is 13.2. The highest BCUT2D eigenvalue weighted by Crippen LogP contribution is 2.45. The molecule has 0 spiro atoms. The van der Waals surface area contributed by atoms with Gasteiger partial charge in [-0.05, 0) is 36.8 Å². The summed E-state index contributed by atoms with van der Waals surface area (Å²) in [5.74, 6) is -0.00590. The van der Waals surface area contributed by atoms with Gasteiger partial charge in [-0.15, -0.1) is 0 Å². The lowest BCUT2D eigenvalue weighted by atomic mass is 10.1. The molecule has 3 nitrogen and oxygen atoms in total. The van der Waals surface area contributed by atoms with Gasteiger partial charge in [-0.2, -0.15) is 0 Å². The summed E-state index contributed by atoms with van der Waals surface area (Å²) in [6.07, 6.45) is 1.74. The number of fused-ring (bicyclic) bond motifs is 1. The largest absolute Gasteiger partial charge is 0.291 e. The van der Waals surface area contributed by atoms with Gasteiger partial charge in [0, 0.05) is 11.9 Å². The molecule has 2 heterocycles. The Morgan fingerprint density at radius 1 is 0.958 bits per heavy atom. The average Bonchev–Trinajstić information content (AvgIpc) is 2.63. The van der Waals surface area contributed by atoms with Gasteiger partial charge in [0.2, 0.25) is 0 Å². The van der Waals surface area contributed by atoms with Gasteiger partial charge in [-0.3, -0.25) is 9.69 Å². The van der Waals surface area contributed by atoms with Crippen LogP contribution in [0.4, 0.5) is 5.69 Å². The van der Waals surface area contributed by atoms with E-state index in [-0.39, 0.29) is 11.3 Å². The highest BCUT2D eigenvalue weighted by atomic mass is 32.2. The van der Waals surface area contributed by atoms with Crippen molar-refractivity contribution in [2.24, 2.45) is 0 Å². The number of pyridine rings is 1. The monoisotopic (exact) mass is 332 g/mol. The van der Waals surface area contributed by atoms with Crippen LogP contribution >= 0.6 is 11.8 Å². The summed E-state index contributed by atoms with van der Waals surface area (Å²) in [4.78, 5) is 19.4. The molecule has 1 unspecified atom stereocenters. The number of aryl methyl sites for hydroxylation is 1. The molecule has 0 saturated heterocycles. The van der Waals surface area contributed by atoms with Gasteiger partial charge in [0.05, 0.1) is 5.56 Å². The first-order valence-corrected chi connectivity index (χ1v) is 8.69. The fourth-order valence-electron chi connectivity index (χ4n) is 2.83. The van der Waals surface area contributed by atoms with E-state index >= 15 is 0 Å². The minimum absolute atomic E-state index is 0.00590. The summed E-state index contributed by atoms with van der Waals surface area (Å²) < 4.78 is 0. The standard InChI is InChI=1S/C20H16N2OS/c1-14-9-11-15(12-10-14)20-22(16-6-3-2-4-7-16)19(23)17-8-5-13-21-18(17)24-20/h2-13,20H,1H3. The molecule has 0 N–H and O–H groups in total. The highest BCUT2D eigenvalue weighted by molar-refractivity contribution is 7.99. The van der Waals surface area contributed by atoms with Crippen LogP contribution in [0.3, 0.4) is 0 Å². The molecule has 1 aromatic heterocycles. The van der Waals surface area contributed by atoms with E-state index in [0.717, 1.165) is 16.3 Å². The van der Waals surface area contributed by atoms with Crippen molar-refractivity contribution in [1.29, 1.82) is 0 Å². The zero-order valence-corrected chi connectivity index (χ0v) is 14.0. The van der Waals surface area contributed by atoms with Crippen molar-refractivity contribution >= 4 is 23.4 Å². The summed E-state index contributed by atoms with van der Waals surface area (Å²) in [5, 5.41) is 0.670. The first-order valence-electron chi connectivity index (χ1n) is 7.81. The van der Waals surface area contributed by atoms with Gasteiger partial charge in [0.25, 0.3) is 5.91 Å². The van der Waals surface area contributed by atoms with Crippen LogP contribution in [0.5, 0.6) is 0 Å². The highest BCUT2D eigenvalue weighted by Gasteiger charge is 2.35. The molecule has 4 heteroatoms. The van der Waals surface area contributed by atoms with Gasteiger partial charge in [-0.1, -0.05) is 59.8 Å². The third-order valence-corrected chi connectivity index (χ3v) is 5.33. The SMILES string of the molecule is Cc1ccc(C2Sc3ncccc3C(=O)N2c2ccccc2)cc1. The number of hydrogen-bond acceptors (Lipinski definition) is 3. The molecule has 1 atom stereocenters. The smallest absolute Gasteiger partial charge is 0.262 e. The molecule has 3 aromatic rings. The summed E-state index contributed by atoms with van der Waals surface area (Å²) >= 11 is 1.62. The van der Waals surface area contributed by atoms with Gasteiger partial charge >= 0.3 is 0 Å². The van der Waals surface area contributed by atoms with Crippen LogP contribution in [0.1, 0.15) is 26.9 Å². The number of thioether (sulfide) groups is 1. The number of benzene rings is 2. The summed E-state index contributed by atoms with van der Waals surface area (Å²) in [6.45, 7) is 2.06. The Labute approximate surface area is 145 Å². The third-order valence-electron chi connectivity index (χ3n) is 4.08. The molecule has 2 aromatic carbocycles. The second kappa shape index (κ2) is 6.13. The van der Waals surface area contributed by atoms with Gasteiger partial charge in [0.15, 0.2) is 0 Å². The van der Waals surface area contributed by atoms with Crippen LogP contribution in [-0.2, 0) is 0 Å². The number of para-hydroxylation sites is 1. The molecular formula is C20H16N2OS. The van der Waals surface area contributed by atoms with Crippen LogP contribution in [0.15, 0.2) is 78.0 Å². The zero-order chi connectivity index (χ0) is 16.5. The van der Waals surface area contributed by atoms with E-state index in [2.05, 4.69) is 36.2 Å². The maximum atomic E-state index is 13.1. The maximum absolute atomic E-state index is 13.1. The Morgan fingerprint density at radius 3 is 2.46 bits per heavy atom. The maximum Gasteiger partial charge on any atom is 0.262 e. The van der Waals surface area contributed by atoms with E-state index in [9.17, 15) is 4.79 Å². The molecular weight excluding hydrogens is 316 g/mol. The number of carbonyl (C=O) groups excluding carboxylic acids is 1. The first kappa shape index (κ1) is 15.0. The molecule has 118 valence electrons. The molecule has 0 fully saturated rings. The number of hydrogen-bond donors (Lipinski definition) is 0. The number of rotatable bonds is 2. The van der Waals surface area contributed by atoms with Crippen molar-refractivity contribution < 1.29 is 4.79 Å². The lowest BCUT2D eigenvalue weighted by Gasteiger charge is -2.35. The predicted molar refractivity (Wildman–Crippen MR) is 97.3 cm³/mol. The Bertz CT molecular complexity index is 878. The van der Waals surface area contributed by atoms with Crippen molar-refractivity contribution in [1.82, 2.24) is 4.98 Å². The average molecular weight is 332 g/mol. The van der Waals surface area contributed by atoms with Crippen LogP contribution in [0.2, 0.25) is 0 Å². The fraction of sp³-hybridized carbons (Fsp3) is 0.100. The van der Waals surface area contributed by atoms with Crippen molar-refractivity contribution in [2.75, 3.05) is 4.90 Å². The van der Waals surface area contributed by atoms with E-state index in [1.165, 1.54) is 5.56 Å². The molecule has 24 heavy (non-hydrogen) atoms. The molecule has 0 aliphatic carbocycles. The van der Waals surface area contributed by atoms with Crippen LogP contribution in [0, 0.1) is 6.92 Å². The molecule has 0 bridgehead atoms. The fourth-order valence-corrected chi connectivity index (χ4v) is 4.06. The lowest BCUT2D eigenvalue weighted by molar-refractivity contribution is 0.0978. The van der Waals surface area contributed by atoms with Crippen molar-refractivity contribution in [3.8, 4) is 0 Å². The summed E-state index contributed by atoms with van der Waals surface area (Å²) in [6, 6.07) is 21.8. The van der Waals surface area contributed by atoms with Crippen LogP contribution in [-0.4, -0.2) is 10.9 Å². The molecule has 0 radical (unpaired) electrons. The quantitative estimate of drug-likeness (QED) is 0.673. The Hall–Kier alpha value is -2.59. The molecule has 1 amide bonds. The van der Waals surface area contributed by atoms with E-state index < -0.39 is 0 Å². The summed E-state index contributed by atoms with van der Waals surface area (Å²) in [7, 11) is 0. The minimum Gasteiger partial charge on any atom is -0.291 e. The van der Waals surface area contributed by atoms with E-state index in [4.69, 9.17) is 0 Å². The Balaban J connectivity index is 1.86. The topological polar surface area (TPSA) is 33.2 Å².